The summed E-state index contributed by atoms with van der Waals surface area (Å²) in [6, 6.07) is 36.1. The summed E-state index contributed by atoms with van der Waals surface area (Å²) in [5.41, 5.74) is 5.67. The highest BCUT2D eigenvalue weighted by atomic mass is 14.4. The fraction of sp³-hybridized carbons (Fsp3) is 0.243. The first-order valence-corrected chi connectivity index (χ1v) is 14.0. The lowest BCUT2D eigenvalue weighted by Crippen LogP contribution is -2.15. The lowest BCUT2D eigenvalue weighted by molar-refractivity contribution is 0.667. The topological polar surface area (TPSA) is 0 Å². The van der Waals surface area contributed by atoms with Crippen LogP contribution in [-0.2, 0) is 5.41 Å². The van der Waals surface area contributed by atoms with Gasteiger partial charge in [-0.2, -0.15) is 0 Å². The van der Waals surface area contributed by atoms with Crippen LogP contribution in [0.4, 0.5) is 0 Å². The predicted octanol–water partition coefficient (Wildman–Crippen LogP) is 11.7. The van der Waals surface area contributed by atoms with Gasteiger partial charge in [0.1, 0.15) is 0 Å². The predicted molar refractivity (Wildman–Crippen MR) is 168 cm³/mol. The van der Waals surface area contributed by atoms with Gasteiger partial charge < -0.3 is 0 Å². The number of hydrogen-bond acceptors (Lipinski definition) is 0. The SMILES string of the molecule is CC.CC.CC.CC1(C)c2ccc3cc4ccccc4cc3c2-c2ccc3c(ccc4ccccc43)c21. The molecule has 0 aromatic heterocycles. The van der Waals surface area contributed by atoms with Crippen LogP contribution in [0.1, 0.15) is 66.5 Å². The van der Waals surface area contributed by atoms with Gasteiger partial charge in [0.2, 0.25) is 0 Å². The highest BCUT2D eigenvalue weighted by Crippen LogP contribution is 2.54. The molecule has 0 amide bonds. The third-order valence-electron chi connectivity index (χ3n) is 7.38. The van der Waals surface area contributed by atoms with Gasteiger partial charge in [0.25, 0.3) is 0 Å². The number of benzene rings is 6. The molecule has 0 fully saturated rings. The summed E-state index contributed by atoms with van der Waals surface area (Å²) in [4.78, 5) is 0. The Kier molecular flexibility index (Phi) is 7.69. The molecule has 0 atom stereocenters. The maximum absolute atomic E-state index is 2.39. The van der Waals surface area contributed by atoms with E-state index in [1.54, 1.807) is 0 Å². The highest BCUT2D eigenvalue weighted by molar-refractivity contribution is 6.14. The van der Waals surface area contributed by atoms with Gasteiger partial charge >= 0.3 is 0 Å². The van der Waals surface area contributed by atoms with E-state index in [1.165, 1.54) is 65.3 Å². The maximum atomic E-state index is 2.39. The monoisotopic (exact) mass is 484 g/mol. The molecule has 0 heteroatoms. The second kappa shape index (κ2) is 10.8. The Bertz CT molecular complexity index is 1700. The third-order valence-corrected chi connectivity index (χ3v) is 7.38. The van der Waals surface area contributed by atoms with Crippen LogP contribution in [0.25, 0.3) is 54.2 Å². The van der Waals surface area contributed by atoms with Gasteiger partial charge in [0.15, 0.2) is 0 Å². The van der Waals surface area contributed by atoms with Crippen molar-refractivity contribution in [2.24, 2.45) is 0 Å². The Hall–Kier alpha value is -3.64. The van der Waals surface area contributed by atoms with E-state index in [1.807, 2.05) is 41.5 Å². The molecule has 0 radical (unpaired) electrons. The molecular formula is C37H40. The van der Waals surface area contributed by atoms with Crippen LogP contribution in [0.3, 0.4) is 0 Å². The van der Waals surface area contributed by atoms with E-state index in [4.69, 9.17) is 0 Å². The number of fused-ring (bicyclic) bond motifs is 10. The number of rotatable bonds is 0. The molecule has 0 saturated carbocycles. The number of hydrogen-bond donors (Lipinski definition) is 0. The Balaban J connectivity index is 0.000000500. The third kappa shape index (κ3) is 4.09. The first-order valence-electron chi connectivity index (χ1n) is 14.0. The molecule has 0 bridgehead atoms. The molecular weight excluding hydrogens is 444 g/mol. The fourth-order valence-corrected chi connectivity index (χ4v) is 5.93. The van der Waals surface area contributed by atoms with Gasteiger partial charge in [-0.3, -0.25) is 0 Å². The summed E-state index contributed by atoms with van der Waals surface area (Å²) in [6.07, 6.45) is 0. The lowest BCUT2D eigenvalue weighted by Gasteiger charge is -2.23. The van der Waals surface area contributed by atoms with E-state index in [2.05, 4.69) is 111 Å². The Morgan fingerprint density at radius 3 is 1.70 bits per heavy atom. The van der Waals surface area contributed by atoms with Gasteiger partial charge in [0.05, 0.1) is 0 Å². The first-order chi connectivity index (χ1) is 18.1. The van der Waals surface area contributed by atoms with Crippen molar-refractivity contribution in [3.05, 3.63) is 108 Å². The Morgan fingerprint density at radius 1 is 0.432 bits per heavy atom. The fourth-order valence-electron chi connectivity index (χ4n) is 5.93. The molecule has 6 aromatic rings. The maximum Gasteiger partial charge on any atom is 0.0165 e. The van der Waals surface area contributed by atoms with E-state index in [0.29, 0.717) is 0 Å². The van der Waals surface area contributed by atoms with Crippen molar-refractivity contribution in [3.8, 4) is 11.1 Å². The summed E-state index contributed by atoms with van der Waals surface area (Å²) in [7, 11) is 0. The van der Waals surface area contributed by atoms with Gasteiger partial charge in [-0.1, -0.05) is 140 Å². The van der Waals surface area contributed by atoms with Crippen molar-refractivity contribution >= 4 is 43.1 Å². The van der Waals surface area contributed by atoms with Crippen LogP contribution in [0.5, 0.6) is 0 Å². The molecule has 0 spiro atoms. The molecule has 1 aliphatic carbocycles. The molecule has 0 N–H and O–H groups in total. The van der Waals surface area contributed by atoms with Crippen LogP contribution in [-0.4, -0.2) is 0 Å². The summed E-state index contributed by atoms with van der Waals surface area (Å²) < 4.78 is 0. The van der Waals surface area contributed by atoms with Crippen LogP contribution in [0.15, 0.2) is 97.1 Å². The van der Waals surface area contributed by atoms with Crippen molar-refractivity contribution in [1.29, 1.82) is 0 Å². The molecule has 37 heavy (non-hydrogen) atoms. The Labute approximate surface area is 223 Å². The van der Waals surface area contributed by atoms with E-state index < -0.39 is 0 Å². The molecule has 0 saturated heterocycles. The van der Waals surface area contributed by atoms with E-state index in [-0.39, 0.29) is 5.41 Å². The van der Waals surface area contributed by atoms with E-state index in [0.717, 1.165) is 0 Å². The van der Waals surface area contributed by atoms with Crippen LogP contribution in [0.2, 0.25) is 0 Å². The minimum Gasteiger partial charge on any atom is -0.0683 e. The standard InChI is InChI=1S/C31H22.3C2H6/c1-31(2)28-16-12-22-17-20-8-3-4-9-21(20)18-27(22)29(28)26-15-14-24-23-10-6-5-7-19(23)11-13-25(24)30(26)31;3*1-2/h3-18H,1-2H3;3*1-2H3. The minimum atomic E-state index is -0.0352. The summed E-state index contributed by atoms with van der Waals surface area (Å²) in [6.45, 7) is 16.8. The zero-order valence-electron chi connectivity index (χ0n) is 23.7. The highest BCUT2D eigenvalue weighted by Gasteiger charge is 2.37. The summed E-state index contributed by atoms with van der Waals surface area (Å²) in [5.74, 6) is 0. The molecule has 0 unspecified atom stereocenters. The molecule has 0 heterocycles. The van der Waals surface area contributed by atoms with Gasteiger partial charge in [0, 0.05) is 5.41 Å². The normalized spacial score (nSPS) is 12.5. The summed E-state index contributed by atoms with van der Waals surface area (Å²) in [5, 5.41) is 10.7. The van der Waals surface area contributed by atoms with Crippen molar-refractivity contribution in [3.63, 3.8) is 0 Å². The molecule has 6 aromatic carbocycles. The van der Waals surface area contributed by atoms with Gasteiger partial charge in [-0.15, -0.1) is 0 Å². The zero-order chi connectivity index (χ0) is 26.7. The van der Waals surface area contributed by atoms with Crippen molar-refractivity contribution < 1.29 is 0 Å². The van der Waals surface area contributed by atoms with Crippen LogP contribution < -0.4 is 0 Å². The zero-order valence-corrected chi connectivity index (χ0v) is 23.7. The van der Waals surface area contributed by atoms with Crippen molar-refractivity contribution in [2.75, 3.05) is 0 Å². The van der Waals surface area contributed by atoms with Gasteiger partial charge in [-0.25, -0.2) is 0 Å². The van der Waals surface area contributed by atoms with Crippen molar-refractivity contribution in [2.45, 2.75) is 60.8 Å². The first kappa shape index (κ1) is 26.4. The molecule has 0 nitrogen and oxygen atoms in total. The Morgan fingerprint density at radius 2 is 1.00 bits per heavy atom. The lowest BCUT2D eigenvalue weighted by atomic mass is 9.79. The van der Waals surface area contributed by atoms with Gasteiger partial charge in [-0.05, 0) is 77.5 Å². The van der Waals surface area contributed by atoms with Crippen LogP contribution in [0, 0.1) is 0 Å². The van der Waals surface area contributed by atoms with Crippen molar-refractivity contribution in [1.82, 2.24) is 0 Å². The quantitative estimate of drug-likeness (QED) is 0.148. The average Bonchev–Trinajstić information content (AvgIpc) is 3.21. The van der Waals surface area contributed by atoms with E-state index >= 15 is 0 Å². The second-order valence-corrected chi connectivity index (χ2v) is 9.40. The van der Waals surface area contributed by atoms with E-state index in [9.17, 15) is 0 Å². The molecule has 7 rings (SSSR count). The minimum absolute atomic E-state index is 0.0352. The molecule has 0 aliphatic heterocycles. The largest absolute Gasteiger partial charge is 0.0683 e. The molecule has 188 valence electrons. The smallest absolute Gasteiger partial charge is 0.0165 e. The van der Waals surface area contributed by atoms with Crippen LogP contribution >= 0.6 is 0 Å². The molecule has 1 aliphatic rings. The average molecular weight is 485 g/mol. The summed E-state index contributed by atoms with van der Waals surface area (Å²) >= 11 is 0. The second-order valence-electron chi connectivity index (χ2n) is 9.40.